The molecule has 3 aliphatic heterocycles. The van der Waals surface area contributed by atoms with Gasteiger partial charge < -0.3 is 19.7 Å². The molecule has 3 rings (SSSR count). The van der Waals surface area contributed by atoms with Crippen molar-refractivity contribution in [3.63, 3.8) is 0 Å². The molecule has 3 atom stereocenters. The fourth-order valence-electron chi connectivity index (χ4n) is 4.54. The van der Waals surface area contributed by atoms with Gasteiger partial charge >= 0.3 is 0 Å². The van der Waals surface area contributed by atoms with E-state index in [0.29, 0.717) is 6.04 Å². The summed E-state index contributed by atoms with van der Waals surface area (Å²) in [5, 5.41) is 3.67. The molecule has 6 heteroatoms. The fourth-order valence-corrected chi connectivity index (χ4v) is 4.54. The highest BCUT2D eigenvalue weighted by molar-refractivity contribution is 5.80. The third kappa shape index (κ3) is 5.33. The van der Waals surface area contributed by atoms with Crippen molar-refractivity contribution in [1.82, 2.24) is 15.1 Å². The summed E-state index contributed by atoms with van der Waals surface area (Å²) in [5.74, 6) is 1.74. The second kappa shape index (κ2) is 9.90. The topological polar surface area (TPSA) is 49.3 Å². The molecule has 3 aliphatic rings. The van der Waals surface area contributed by atoms with E-state index in [0.717, 1.165) is 57.6 Å². The Kier molecular flexibility index (Phi) is 7.58. The zero-order chi connectivity index (χ0) is 18.4. The Morgan fingerprint density at radius 2 is 1.85 bits per heavy atom. The van der Waals surface area contributed by atoms with Gasteiger partial charge in [0.2, 0.25) is 0 Å². The first-order valence-electron chi connectivity index (χ1n) is 10.6. The summed E-state index contributed by atoms with van der Waals surface area (Å²) in [6, 6.07) is 0.601. The Morgan fingerprint density at radius 1 is 1.08 bits per heavy atom. The van der Waals surface area contributed by atoms with Crippen LogP contribution >= 0.6 is 0 Å². The molecule has 3 saturated heterocycles. The molecular weight excluding hydrogens is 328 g/mol. The quantitative estimate of drug-likeness (QED) is 0.575. The van der Waals surface area contributed by atoms with Gasteiger partial charge in [0.05, 0.1) is 12.7 Å². The lowest BCUT2D eigenvalue weighted by Crippen LogP contribution is -2.55. The molecule has 0 aliphatic carbocycles. The van der Waals surface area contributed by atoms with E-state index in [2.05, 4.69) is 34.0 Å². The van der Waals surface area contributed by atoms with Gasteiger partial charge in [0.25, 0.3) is 0 Å². The first kappa shape index (κ1) is 19.9. The summed E-state index contributed by atoms with van der Waals surface area (Å²) in [7, 11) is 1.90. The second-order valence-corrected chi connectivity index (χ2v) is 8.36. The Labute approximate surface area is 159 Å². The van der Waals surface area contributed by atoms with Crippen LogP contribution in [0.1, 0.15) is 46.0 Å². The van der Waals surface area contributed by atoms with E-state index < -0.39 is 0 Å². The lowest BCUT2D eigenvalue weighted by molar-refractivity contribution is -0.0817. The zero-order valence-corrected chi connectivity index (χ0v) is 17.0. The Balaban J connectivity index is 1.53. The molecule has 3 heterocycles. The van der Waals surface area contributed by atoms with Crippen molar-refractivity contribution in [2.24, 2.45) is 10.9 Å². The van der Waals surface area contributed by atoms with Crippen LogP contribution in [0.3, 0.4) is 0 Å². The van der Waals surface area contributed by atoms with E-state index in [1.165, 1.54) is 32.4 Å². The van der Waals surface area contributed by atoms with Crippen LogP contribution in [-0.2, 0) is 9.47 Å². The molecule has 0 bridgehead atoms. The molecule has 150 valence electrons. The molecule has 6 nitrogen and oxygen atoms in total. The minimum atomic E-state index is 0.176. The lowest BCUT2D eigenvalue weighted by atomic mass is 10.0. The highest BCUT2D eigenvalue weighted by Gasteiger charge is 2.32. The van der Waals surface area contributed by atoms with Gasteiger partial charge in [-0.2, -0.15) is 0 Å². The van der Waals surface area contributed by atoms with Crippen LogP contribution in [0.15, 0.2) is 4.99 Å². The lowest BCUT2D eigenvalue weighted by Gasteiger charge is -2.38. The maximum atomic E-state index is 5.99. The first-order chi connectivity index (χ1) is 12.7. The van der Waals surface area contributed by atoms with Crippen molar-refractivity contribution in [2.75, 3.05) is 53.0 Å². The standard InChI is InChI=1S/C20H38N4O2/c1-16(2)13-17(23-8-4-5-9-23)14-22-20(21-3)24-10-12-26-19(15-24)18-7-6-11-25-18/h16-19H,4-15H2,1-3H3,(H,21,22). The predicted octanol–water partition coefficient (Wildman–Crippen LogP) is 1.95. The molecule has 1 N–H and O–H groups in total. The Bertz CT molecular complexity index is 445. The van der Waals surface area contributed by atoms with Crippen LogP contribution < -0.4 is 5.32 Å². The fraction of sp³-hybridized carbons (Fsp3) is 0.950. The van der Waals surface area contributed by atoms with Crippen molar-refractivity contribution in [3.8, 4) is 0 Å². The maximum Gasteiger partial charge on any atom is 0.193 e. The predicted molar refractivity (Wildman–Crippen MR) is 106 cm³/mol. The highest BCUT2D eigenvalue weighted by Crippen LogP contribution is 2.21. The molecule has 26 heavy (non-hydrogen) atoms. The van der Waals surface area contributed by atoms with Crippen molar-refractivity contribution in [2.45, 2.75) is 64.2 Å². The number of aliphatic imine (C=N–C) groups is 1. The number of likely N-dealkylation sites (tertiary alicyclic amines) is 1. The monoisotopic (exact) mass is 366 g/mol. The molecule has 3 fully saturated rings. The Morgan fingerprint density at radius 3 is 2.50 bits per heavy atom. The number of morpholine rings is 1. The number of nitrogens with one attached hydrogen (secondary N) is 1. The van der Waals surface area contributed by atoms with Crippen LogP contribution in [0, 0.1) is 5.92 Å². The highest BCUT2D eigenvalue weighted by atomic mass is 16.5. The van der Waals surface area contributed by atoms with E-state index in [4.69, 9.17) is 9.47 Å². The molecular formula is C20H38N4O2. The van der Waals surface area contributed by atoms with Gasteiger partial charge in [-0.25, -0.2) is 0 Å². The normalized spacial score (nSPS) is 29.5. The molecule has 0 aromatic carbocycles. The zero-order valence-electron chi connectivity index (χ0n) is 17.0. The average molecular weight is 367 g/mol. The van der Waals surface area contributed by atoms with Gasteiger partial charge in [0.15, 0.2) is 5.96 Å². The molecule has 0 aromatic heterocycles. The van der Waals surface area contributed by atoms with Crippen LogP contribution in [0.5, 0.6) is 0 Å². The van der Waals surface area contributed by atoms with E-state index in [1.54, 1.807) is 0 Å². The minimum Gasteiger partial charge on any atom is -0.375 e. The molecule has 3 unspecified atom stereocenters. The number of nitrogens with zero attached hydrogens (tertiary/aromatic N) is 3. The average Bonchev–Trinajstić information content (AvgIpc) is 3.35. The number of hydrogen-bond acceptors (Lipinski definition) is 4. The smallest absolute Gasteiger partial charge is 0.193 e. The van der Waals surface area contributed by atoms with E-state index in [9.17, 15) is 0 Å². The second-order valence-electron chi connectivity index (χ2n) is 8.36. The van der Waals surface area contributed by atoms with Gasteiger partial charge in [0.1, 0.15) is 6.10 Å². The summed E-state index contributed by atoms with van der Waals surface area (Å²) in [6.07, 6.45) is 6.64. The number of ether oxygens (including phenoxy) is 2. The van der Waals surface area contributed by atoms with Gasteiger partial charge in [-0.3, -0.25) is 9.89 Å². The van der Waals surface area contributed by atoms with Gasteiger partial charge in [0, 0.05) is 39.3 Å². The van der Waals surface area contributed by atoms with E-state index in [-0.39, 0.29) is 12.2 Å². The van der Waals surface area contributed by atoms with Crippen molar-refractivity contribution in [1.29, 1.82) is 0 Å². The third-order valence-corrected chi connectivity index (χ3v) is 5.88. The minimum absolute atomic E-state index is 0.176. The van der Waals surface area contributed by atoms with Gasteiger partial charge in [-0.1, -0.05) is 13.8 Å². The van der Waals surface area contributed by atoms with Crippen LogP contribution in [0.2, 0.25) is 0 Å². The summed E-state index contributed by atoms with van der Waals surface area (Å²) >= 11 is 0. The molecule has 0 aromatic rings. The largest absolute Gasteiger partial charge is 0.375 e. The van der Waals surface area contributed by atoms with Crippen molar-refractivity contribution >= 4 is 5.96 Å². The van der Waals surface area contributed by atoms with Crippen LogP contribution in [0.25, 0.3) is 0 Å². The Hall–Kier alpha value is -0.850. The summed E-state index contributed by atoms with van der Waals surface area (Å²) in [4.78, 5) is 9.58. The van der Waals surface area contributed by atoms with E-state index in [1.807, 2.05) is 7.05 Å². The van der Waals surface area contributed by atoms with Crippen molar-refractivity contribution < 1.29 is 9.47 Å². The summed E-state index contributed by atoms with van der Waals surface area (Å²) < 4.78 is 11.8. The van der Waals surface area contributed by atoms with Gasteiger partial charge in [-0.15, -0.1) is 0 Å². The number of guanidine groups is 1. The number of rotatable bonds is 6. The first-order valence-corrected chi connectivity index (χ1v) is 10.6. The summed E-state index contributed by atoms with van der Waals surface area (Å²) in [5.41, 5.74) is 0. The molecule has 0 radical (unpaired) electrons. The molecule has 0 spiro atoms. The van der Waals surface area contributed by atoms with Crippen LogP contribution in [-0.4, -0.2) is 87.0 Å². The SMILES string of the molecule is CN=C(NCC(CC(C)C)N1CCCC1)N1CCOC(C2CCCO2)C1. The maximum absolute atomic E-state index is 5.99. The van der Waals surface area contributed by atoms with Crippen LogP contribution in [0.4, 0.5) is 0 Å². The van der Waals surface area contributed by atoms with E-state index >= 15 is 0 Å². The summed E-state index contributed by atoms with van der Waals surface area (Å²) in [6.45, 7) is 11.5. The molecule has 0 amide bonds. The molecule has 0 saturated carbocycles. The number of hydrogen-bond donors (Lipinski definition) is 1. The van der Waals surface area contributed by atoms with Crippen molar-refractivity contribution in [3.05, 3.63) is 0 Å². The third-order valence-electron chi connectivity index (χ3n) is 5.88. The van der Waals surface area contributed by atoms with Gasteiger partial charge in [-0.05, 0) is 51.1 Å².